The summed E-state index contributed by atoms with van der Waals surface area (Å²) in [5, 5.41) is 13.7. The van der Waals surface area contributed by atoms with E-state index in [-0.39, 0.29) is 55.3 Å². The normalized spacial score (nSPS) is 12.9. The fourth-order valence-electron chi connectivity index (χ4n) is 6.68. The van der Waals surface area contributed by atoms with Crippen LogP contribution in [-0.2, 0) is 36.7 Å². The van der Waals surface area contributed by atoms with Gasteiger partial charge < -0.3 is 5.11 Å². The molecule has 1 radical (unpaired) electrons. The summed E-state index contributed by atoms with van der Waals surface area (Å²) in [6, 6.07) is 20.6. The second-order valence-electron chi connectivity index (χ2n) is 14.5. The van der Waals surface area contributed by atoms with Crippen LogP contribution in [0.25, 0.3) is 42.2 Å². The van der Waals surface area contributed by atoms with Gasteiger partial charge in [-0.15, -0.1) is 40.5 Å². The van der Waals surface area contributed by atoms with Gasteiger partial charge in [0.2, 0.25) is 0 Å². The smallest absolute Gasteiger partial charge is 0.400 e. The molecule has 295 valence electrons. The summed E-state index contributed by atoms with van der Waals surface area (Å²) >= 11 is 1.43. The molecule has 0 unspecified atom stereocenters. The predicted octanol–water partition coefficient (Wildman–Crippen LogP) is 13.9. The molecule has 0 fully saturated rings. The Kier molecular flexibility index (Phi) is 15.5. The maximum absolute atomic E-state index is 13.0. The predicted molar refractivity (Wildman–Crippen MR) is 205 cm³/mol. The van der Waals surface area contributed by atoms with E-state index in [1.54, 1.807) is 24.4 Å². The van der Waals surface area contributed by atoms with E-state index in [2.05, 4.69) is 44.0 Å². The molecule has 0 saturated carbocycles. The third kappa shape index (κ3) is 10.7. The summed E-state index contributed by atoms with van der Waals surface area (Å²) in [6.45, 7) is 14.5. The molecule has 0 spiro atoms. The van der Waals surface area contributed by atoms with E-state index < -0.39 is 24.7 Å². The fraction of sp³-hybridized carbons (Fsp3) is 0.442. The number of aliphatic hydroxyl groups is 1. The van der Waals surface area contributed by atoms with E-state index >= 15 is 0 Å². The van der Waals surface area contributed by atoms with Gasteiger partial charge in [-0.2, -0.15) is 26.3 Å². The van der Waals surface area contributed by atoms with Gasteiger partial charge in [0.1, 0.15) is 0 Å². The van der Waals surface area contributed by atoms with Crippen LogP contribution >= 0.6 is 11.3 Å². The van der Waals surface area contributed by atoms with Gasteiger partial charge >= 0.3 is 12.4 Å². The van der Waals surface area contributed by atoms with Crippen LogP contribution < -0.4 is 0 Å². The number of thiophene rings is 1. The van der Waals surface area contributed by atoms with Crippen LogP contribution in [0.2, 0.25) is 0 Å². The van der Waals surface area contributed by atoms with Gasteiger partial charge in [-0.3, -0.25) is 9.78 Å². The minimum absolute atomic E-state index is 0. The molecule has 5 aromatic rings. The number of aliphatic hydroxyl groups excluding tert-OH is 1. The number of pyridine rings is 1. The minimum Gasteiger partial charge on any atom is -0.512 e. The van der Waals surface area contributed by atoms with Crippen molar-refractivity contribution in [2.24, 2.45) is 17.8 Å². The topological polar surface area (TPSA) is 50.2 Å². The second-order valence-corrected chi connectivity index (χ2v) is 15.6. The molecule has 2 heterocycles. The van der Waals surface area contributed by atoms with E-state index in [0.717, 1.165) is 73.4 Å². The van der Waals surface area contributed by atoms with Crippen LogP contribution in [0.15, 0.2) is 72.6 Å². The number of nitrogens with zero attached hydrogens (tertiary/aromatic N) is 1. The first-order valence-electron chi connectivity index (χ1n) is 18.2. The molecule has 0 saturated heterocycles. The fourth-order valence-corrected chi connectivity index (χ4v) is 7.94. The van der Waals surface area contributed by atoms with E-state index in [1.807, 2.05) is 52.0 Å². The van der Waals surface area contributed by atoms with Crippen molar-refractivity contribution in [1.29, 1.82) is 0 Å². The van der Waals surface area contributed by atoms with E-state index in [9.17, 15) is 36.2 Å². The zero-order chi connectivity index (χ0) is 39.3. The van der Waals surface area contributed by atoms with Crippen molar-refractivity contribution in [3.8, 4) is 11.3 Å². The van der Waals surface area contributed by atoms with Crippen molar-refractivity contribution < 1.29 is 56.3 Å². The van der Waals surface area contributed by atoms with Gasteiger partial charge in [0, 0.05) is 59.3 Å². The third-order valence-corrected chi connectivity index (χ3v) is 11.1. The van der Waals surface area contributed by atoms with E-state index in [0.29, 0.717) is 5.56 Å². The third-order valence-electron chi connectivity index (χ3n) is 9.89. The van der Waals surface area contributed by atoms with Crippen LogP contribution in [0.4, 0.5) is 26.3 Å². The standard InChI is InChI=1S/C30H24F6NS.C13H24O2.Ir/c1-28(2,3)23-16-19(15-18-6-4-5-7-20(18)23)26-27-22(12-13-37-26)21-10-8-17(14-24(21)38-27)9-11-25(29(31,32)33)30(34,35)36;1-5-10(6-2)12(14)9-13(15)11(7-3)8-4;/h4-8,10,12-14,16,25H,9,11H2,1-3H3;9-11,14H,5-8H2,1-4H3;/q-1;;/b;12-9-;. The van der Waals surface area contributed by atoms with Crippen molar-refractivity contribution in [2.45, 2.75) is 105 Å². The molecular formula is C43H48F6IrNO2S-. The molecule has 0 atom stereocenters. The number of carbonyl (C=O) groups excluding carboxylic acids is 1. The number of alkyl halides is 6. The Bertz CT molecular complexity index is 2040. The Hall–Kier alpha value is -3.27. The summed E-state index contributed by atoms with van der Waals surface area (Å²) in [7, 11) is 0. The zero-order valence-corrected chi connectivity index (χ0v) is 34.8. The number of ketones is 1. The van der Waals surface area contributed by atoms with E-state index in [4.69, 9.17) is 0 Å². The Morgan fingerprint density at radius 1 is 0.833 bits per heavy atom. The molecular weight excluding hydrogens is 901 g/mol. The number of aryl methyl sites for hydroxylation is 1. The molecule has 1 N–H and O–H groups in total. The first kappa shape index (κ1) is 45.1. The summed E-state index contributed by atoms with van der Waals surface area (Å²) in [5.74, 6) is -2.80. The Balaban J connectivity index is 0.000000418. The second kappa shape index (κ2) is 18.6. The Labute approximate surface area is 331 Å². The summed E-state index contributed by atoms with van der Waals surface area (Å²) < 4.78 is 79.6. The van der Waals surface area contributed by atoms with Gasteiger partial charge in [0.15, 0.2) is 11.7 Å². The number of hydrogen-bond acceptors (Lipinski definition) is 4. The van der Waals surface area contributed by atoms with Gasteiger partial charge in [-0.25, -0.2) is 0 Å². The molecule has 3 nitrogen and oxygen atoms in total. The Morgan fingerprint density at radius 3 is 2.02 bits per heavy atom. The van der Waals surface area contributed by atoms with Crippen molar-refractivity contribution in [1.82, 2.24) is 4.98 Å². The summed E-state index contributed by atoms with van der Waals surface area (Å²) in [6.07, 6.45) is -5.41. The van der Waals surface area contributed by atoms with Crippen LogP contribution in [-0.4, -0.2) is 28.2 Å². The van der Waals surface area contributed by atoms with Crippen molar-refractivity contribution in [3.63, 3.8) is 0 Å². The first-order chi connectivity index (χ1) is 24.8. The van der Waals surface area contributed by atoms with Crippen molar-refractivity contribution in [2.75, 3.05) is 0 Å². The van der Waals surface area contributed by atoms with Crippen molar-refractivity contribution in [3.05, 3.63) is 89.8 Å². The molecule has 11 heteroatoms. The number of hydrogen-bond donors (Lipinski definition) is 1. The first-order valence-corrected chi connectivity index (χ1v) is 19.0. The molecule has 0 aliphatic carbocycles. The van der Waals surface area contributed by atoms with E-state index in [1.165, 1.54) is 17.4 Å². The van der Waals surface area contributed by atoms with Crippen LogP contribution in [0.3, 0.4) is 0 Å². The summed E-state index contributed by atoms with van der Waals surface area (Å²) in [5.41, 5.74) is 3.05. The number of allylic oxidation sites excluding steroid dienone is 2. The van der Waals surface area contributed by atoms with Crippen molar-refractivity contribution >= 4 is 48.1 Å². The molecule has 0 aliphatic rings. The Morgan fingerprint density at radius 2 is 1.44 bits per heavy atom. The molecule has 0 amide bonds. The maximum atomic E-state index is 13.0. The molecule has 2 aromatic heterocycles. The number of halogens is 6. The molecule has 5 rings (SSSR count). The number of fused-ring (bicyclic) bond motifs is 4. The number of rotatable bonds is 11. The van der Waals surface area contributed by atoms with Crippen LogP contribution in [0, 0.1) is 23.8 Å². The molecule has 0 aliphatic heterocycles. The summed E-state index contributed by atoms with van der Waals surface area (Å²) in [4.78, 5) is 16.4. The number of carbonyl (C=O) groups is 1. The van der Waals surface area contributed by atoms with Gasteiger partial charge in [0.25, 0.3) is 0 Å². The van der Waals surface area contributed by atoms with Crippen LogP contribution in [0.5, 0.6) is 0 Å². The largest absolute Gasteiger partial charge is 0.512 e. The minimum atomic E-state index is -5.33. The maximum Gasteiger partial charge on any atom is 0.400 e. The molecule has 0 bridgehead atoms. The molecule has 54 heavy (non-hydrogen) atoms. The molecule has 3 aromatic carbocycles. The average Bonchev–Trinajstić information content (AvgIpc) is 3.45. The zero-order valence-electron chi connectivity index (χ0n) is 31.6. The SMILES string of the molecule is CC(C)(C)c1cc(-c2nccc3c2sc2cc(CCC(C(F)(F)F)C(F)(F)F)ccc23)[c-]c2ccccc12.CCC(CC)C(=O)/C=C(\O)C(CC)CC.[Ir]. The van der Waals surface area contributed by atoms with Gasteiger partial charge in [0.05, 0.1) is 5.76 Å². The average molecular weight is 949 g/mol. The number of benzene rings is 3. The monoisotopic (exact) mass is 949 g/mol. The number of aromatic nitrogens is 1. The quantitative estimate of drug-likeness (QED) is 0.0621. The van der Waals surface area contributed by atoms with Gasteiger partial charge in [-0.05, 0) is 72.4 Å². The van der Waals surface area contributed by atoms with Crippen LogP contribution in [0.1, 0.15) is 91.7 Å². The van der Waals surface area contributed by atoms with Gasteiger partial charge in [-0.1, -0.05) is 89.7 Å².